The second kappa shape index (κ2) is 36.1. The van der Waals surface area contributed by atoms with Crippen LogP contribution >= 0.6 is 7.82 Å². The maximum atomic E-state index is 12.5. The van der Waals surface area contributed by atoms with Crippen LogP contribution in [0.4, 0.5) is 0 Å². The van der Waals surface area contributed by atoms with Crippen molar-refractivity contribution >= 4 is 13.8 Å². The van der Waals surface area contributed by atoms with Gasteiger partial charge in [0.05, 0.1) is 34.0 Å². The predicted molar refractivity (Wildman–Crippen MR) is 215 cm³/mol. The molecule has 0 aromatic carbocycles. The zero-order valence-corrected chi connectivity index (χ0v) is 35.3. The molecule has 0 saturated carbocycles. The summed E-state index contributed by atoms with van der Waals surface area (Å²) in [5.41, 5.74) is 0. The summed E-state index contributed by atoms with van der Waals surface area (Å²) in [6.45, 7) is 4.93. The first-order valence-electron chi connectivity index (χ1n) is 21.5. The number of carbonyl (C=O) groups excluding carboxylic acids is 1. The van der Waals surface area contributed by atoms with E-state index in [1.807, 2.05) is 27.2 Å². The first-order chi connectivity index (χ1) is 24.6. The smallest absolute Gasteiger partial charge is 0.472 e. The van der Waals surface area contributed by atoms with Crippen LogP contribution in [0.15, 0.2) is 12.3 Å². The van der Waals surface area contributed by atoms with E-state index >= 15 is 0 Å². The molecule has 0 aromatic heterocycles. The van der Waals surface area contributed by atoms with Gasteiger partial charge in [0, 0.05) is 6.42 Å². The highest BCUT2D eigenvalue weighted by molar-refractivity contribution is 7.47. The summed E-state index contributed by atoms with van der Waals surface area (Å²) in [6.07, 6.45) is 39.1. The Hall–Kier alpha value is -0.920. The molecule has 2 atom stereocenters. The SMILES string of the molecule is CCCCCCCCCCCCCC/C=C\OC(COC(=O)CCCCCCCCCCCCCCCCC)COP(=O)(O)OCC[N+](C)(C)C. The lowest BCUT2D eigenvalue weighted by molar-refractivity contribution is -0.870. The van der Waals surface area contributed by atoms with E-state index in [9.17, 15) is 14.3 Å². The number of phosphoric acid groups is 1. The summed E-state index contributed by atoms with van der Waals surface area (Å²) in [4.78, 5) is 22.6. The lowest BCUT2D eigenvalue weighted by atomic mass is 10.0. The molecule has 304 valence electrons. The number of allylic oxidation sites excluding steroid dienone is 1. The number of nitrogens with zero attached hydrogens (tertiary/aromatic N) is 1. The van der Waals surface area contributed by atoms with Gasteiger partial charge in [-0.05, 0) is 25.3 Å². The van der Waals surface area contributed by atoms with Crippen molar-refractivity contribution in [2.75, 3.05) is 47.5 Å². The van der Waals surface area contributed by atoms with Crippen LogP contribution in [-0.2, 0) is 27.9 Å². The second-order valence-corrected chi connectivity index (χ2v) is 17.3. The first-order valence-corrected chi connectivity index (χ1v) is 23.0. The molecule has 9 heteroatoms. The molecule has 8 nitrogen and oxygen atoms in total. The fourth-order valence-corrected chi connectivity index (χ4v) is 6.75. The van der Waals surface area contributed by atoms with Gasteiger partial charge in [0.25, 0.3) is 0 Å². The monoisotopic (exact) mass is 747 g/mol. The molecule has 0 aliphatic carbocycles. The Morgan fingerprint density at radius 2 is 1.02 bits per heavy atom. The zero-order chi connectivity index (χ0) is 37.7. The van der Waals surface area contributed by atoms with Crippen molar-refractivity contribution in [1.29, 1.82) is 0 Å². The lowest BCUT2D eigenvalue weighted by Gasteiger charge is -2.24. The van der Waals surface area contributed by atoms with Crippen LogP contribution in [0.25, 0.3) is 0 Å². The minimum Gasteiger partial charge on any atom is -0.492 e. The molecule has 0 saturated heterocycles. The standard InChI is InChI=1S/C42H84NO7P/c1-6-8-10-12-14-16-18-20-22-23-25-27-29-31-33-35-42(44)48-39-41(40-50-51(45,46)49-38-36-43(3,4)5)47-37-34-32-30-28-26-24-21-19-17-15-13-11-9-7-2/h34,37,41H,6-33,35-36,38-40H2,1-5H3/p+1/b37-34-. The summed E-state index contributed by atoms with van der Waals surface area (Å²) in [7, 11) is 1.68. The number of rotatable bonds is 40. The molecule has 0 spiro atoms. The average Bonchev–Trinajstić information content (AvgIpc) is 3.08. The van der Waals surface area contributed by atoms with E-state index in [4.69, 9.17) is 18.5 Å². The molecule has 0 amide bonds. The number of hydrogen-bond acceptors (Lipinski definition) is 6. The Kier molecular flexibility index (Phi) is 35.4. The normalized spacial score (nSPS) is 13.8. The Labute approximate surface area is 316 Å². The molecule has 0 bridgehead atoms. The molecule has 0 radical (unpaired) electrons. The molecule has 0 aliphatic rings. The zero-order valence-electron chi connectivity index (χ0n) is 34.4. The van der Waals surface area contributed by atoms with Crippen LogP contribution in [0.1, 0.15) is 200 Å². The van der Waals surface area contributed by atoms with Gasteiger partial charge in [0.1, 0.15) is 19.8 Å². The molecule has 0 fully saturated rings. The lowest BCUT2D eigenvalue weighted by Crippen LogP contribution is -2.37. The van der Waals surface area contributed by atoms with Crippen LogP contribution in [0, 0.1) is 0 Å². The Morgan fingerprint density at radius 3 is 1.45 bits per heavy atom. The highest BCUT2D eigenvalue weighted by atomic mass is 31.2. The van der Waals surface area contributed by atoms with Crippen molar-refractivity contribution in [3.8, 4) is 0 Å². The van der Waals surface area contributed by atoms with E-state index < -0.39 is 13.9 Å². The van der Waals surface area contributed by atoms with Crippen molar-refractivity contribution < 1.29 is 37.3 Å². The maximum absolute atomic E-state index is 12.5. The number of quaternary nitrogens is 1. The molecule has 0 heterocycles. The third kappa shape index (κ3) is 40.1. The second-order valence-electron chi connectivity index (χ2n) is 15.8. The summed E-state index contributed by atoms with van der Waals surface area (Å²) in [5.74, 6) is -0.273. The van der Waals surface area contributed by atoms with Crippen molar-refractivity contribution in [2.24, 2.45) is 0 Å². The number of unbranched alkanes of at least 4 members (excludes halogenated alkanes) is 26. The maximum Gasteiger partial charge on any atom is 0.472 e. The van der Waals surface area contributed by atoms with Crippen molar-refractivity contribution in [3.05, 3.63) is 12.3 Å². The minimum atomic E-state index is -4.26. The van der Waals surface area contributed by atoms with Gasteiger partial charge in [-0.1, -0.05) is 174 Å². The molecule has 1 N–H and O–H groups in total. The fourth-order valence-electron chi connectivity index (χ4n) is 6.01. The number of esters is 1. The largest absolute Gasteiger partial charge is 0.492 e. The first kappa shape index (κ1) is 50.1. The van der Waals surface area contributed by atoms with Gasteiger partial charge in [0.2, 0.25) is 0 Å². The Bertz CT molecular complexity index is 833. The molecular weight excluding hydrogens is 661 g/mol. The van der Waals surface area contributed by atoms with Crippen molar-refractivity contribution in [1.82, 2.24) is 0 Å². The number of hydrogen-bond donors (Lipinski definition) is 1. The van der Waals surface area contributed by atoms with Gasteiger partial charge >= 0.3 is 13.8 Å². The van der Waals surface area contributed by atoms with E-state index in [2.05, 4.69) is 13.8 Å². The topological polar surface area (TPSA) is 91.3 Å². The minimum absolute atomic E-state index is 0.0423. The summed E-state index contributed by atoms with van der Waals surface area (Å²) in [6, 6.07) is 0. The molecular formula is C42H85NO7P+. The van der Waals surface area contributed by atoms with Gasteiger partial charge in [-0.3, -0.25) is 13.8 Å². The molecule has 51 heavy (non-hydrogen) atoms. The number of carbonyl (C=O) groups is 1. The van der Waals surface area contributed by atoms with Crippen molar-refractivity contribution in [2.45, 2.75) is 206 Å². The van der Waals surface area contributed by atoms with Crippen LogP contribution in [0.2, 0.25) is 0 Å². The van der Waals surface area contributed by atoms with Crippen LogP contribution < -0.4 is 0 Å². The van der Waals surface area contributed by atoms with E-state index in [1.165, 1.54) is 148 Å². The van der Waals surface area contributed by atoms with E-state index in [0.29, 0.717) is 17.4 Å². The third-order valence-electron chi connectivity index (χ3n) is 9.45. The van der Waals surface area contributed by atoms with Crippen LogP contribution in [0.5, 0.6) is 0 Å². The van der Waals surface area contributed by atoms with Gasteiger partial charge < -0.3 is 18.9 Å². The molecule has 0 aliphatic heterocycles. The molecule has 0 aromatic rings. The predicted octanol–water partition coefficient (Wildman–Crippen LogP) is 12.6. The number of likely N-dealkylation sites (N-methyl/N-ethyl adjacent to an activating group) is 1. The van der Waals surface area contributed by atoms with Crippen LogP contribution in [-0.4, -0.2) is 69.0 Å². The molecule has 0 rings (SSSR count). The summed E-state index contributed by atoms with van der Waals surface area (Å²) in [5, 5.41) is 0. The summed E-state index contributed by atoms with van der Waals surface area (Å²) >= 11 is 0. The van der Waals surface area contributed by atoms with E-state index in [0.717, 1.165) is 32.1 Å². The van der Waals surface area contributed by atoms with E-state index in [-0.39, 0.29) is 25.8 Å². The van der Waals surface area contributed by atoms with Gasteiger partial charge in [-0.2, -0.15) is 0 Å². The van der Waals surface area contributed by atoms with Crippen LogP contribution in [0.3, 0.4) is 0 Å². The van der Waals surface area contributed by atoms with Gasteiger partial charge in [-0.25, -0.2) is 4.57 Å². The summed E-state index contributed by atoms with van der Waals surface area (Å²) < 4.78 is 34.7. The quantitative estimate of drug-likeness (QED) is 0.0219. The molecule has 2 unspecified atom stereocenters. The van der Waals surface area contributed by atoms with Gasteiger partial charge in [0.15, 0.2) is 6.10 Å². The van der Waals surface area contributed by atoms with Crippen molar-refractivity contribution in [3.63, 3.8) is 0 Å². The number of ether oxygens (including phenoxy) is 2. The average molecular weight is 747 g/mol. The van der Waals surface area contributed by atoms with Gasteiger partial charge in [-0.15, -0.1) is 0 Å². The van der Waals surface area contributed by atoms with E-state index in [1.54, 1.807) is 6.26 Å². The Balaban J connectivity index is 4.26. The third-order valence-corrected chi connectivity index (χ3v) is 10.4. The fraction of sp³-hybridized carbons (Fsp3) is 0.929. The number of phosphoric ester groups is 1. The highest BCUT2D eigenvalue weighted by Crippen LogP contribution is 2.43. The Morgan fingerprint density at radius 1 is 0.608 bits per heavy atom. The highest BCUT2D eigenvalue weighted by Gasteiger charge is 2.25.